The van der Waals surface area contributed by atoms with Crippen LogP contribution >= 0.6 is 0 Å². The highest BCUT2D eigenvalue weighted by Crippen LogP contribution is 2.23. The van der Waals surface area contributed by atoms with Gasteiger partial charge in [-0.15, -0.1) is 0 Å². The van der Waals surface area contributed by atoms with Crippen molar-refractivity contribution >= 4 is 5.97 Å². The number of hydrogen-bond acceptors (Lipinski definition) is 5. The molecule has 3 rings (SSSR count). The van der Waals surface area contributed by atoms with Gasteiger partial charge in [0.15, 0.2) is 0 Å². The molecular weight excluding hydrogens is 316 g/mol. The molecule has 0 saturated heterocycles. The molecule has 1 aromatic carbocycles. The molecule has 2 aromatic heterocycles. The van der Waals surface area contributed by atoms with E-state index in [2.05, 4.69) is 10.3 Å². The fourth-order valence-corrected chi connectivity index (χ4v) is 2.45. The Kier molecular flexibility index (Phi) is 5.59. The first kappa shape index (κ1) is 16.9. The predicted molar refractivity (Wildman–Crippen MR) is 94.9 cm³/mol. The van der Waals surface area contributed by atoms with Crippen LogP contribution < -0.4 is 5.32 Å². The average molecular weight is 336 g/mol. The zero-order valence-corrected chi connectivity index (χ0v) is 14.1. The van der Waals surface area contributed by atoms with Crippen LogP contribution in [0.2, 0.25) is 0 Å². The van der Waals surface area contributed by atoms with Crippen molar-refractivity contribution in [2.45, 2.75) is 20.0 Å². The van der Waals surface area contributed by atoms with Gasteiger partial charge < -0.3 is 14.5 Å². The summed E-state index contributed by atoms with van der Waals surface area (Å²) in [6.45, 7) is 3.53. The van der Waals surface area contributed by atoms with E-state index < -0.39 is 0 Å². The normalized spacial score (nSPS) is 10.6. The Morgan fingerprint density at radius 1 is 1.12 bits per heavy atom. The Morgan fingerprint density at radius 3 is 2.68 bits per heavy atom. The van der Waals surface area contributed by atoms with Gasteiger partial charge in [-0.3, -0.25) is 4.98 Å². The van der Waals surface area contributed by atoms with Gasteiger partial charge in [0.05, 0.1) is 18.7 Å². The Bertz CT molecular complexity index is 810. The summed E-state index contributed by atoms with van der Waals surface area (Å²) in [6.07, 6.45) is 3.60. The first-order chi connectivity index (χ1) is 12.3. The summed E-state index contributed by atoms with van der Waals surface area (Å²) >= 11 is 0. The van der Waals surface area contributed by atoms with Gasteiger partial charge in [-0.05, 0) is 42.8 Å². The molecule has 0 bridgehead atoms. The molecule has 25 heavy (non-hydrogen) atoms. The van der Waals surface area contributed by atoms with Crippen molar-refractivity contribution in [3.05, 3.63) is 77.8 Å². The predicted octanol–water partition coefficient (Wildman–Crippen LogP) is 3.81. The number of aromatic nitrogens is 1. The summed E-state index contributed by atoms with van der Waals surface area (Å²) in [5.41, 5.74) is 2.59. The Hall–Kier alpha value is -2.92. The van der Waals surface area contributed by atoms with Gasteiger partial charge in [0.2, 0.25) is 0 Å². The minimum atomic E-state index is -0.311. The largest absolute Gasteiger partial charge is 0.462 e. The maximum absolute atomic E-state index is 11.7. The first-order valence-electron chi connectivity index (χ1n) is 8.22. The Labute approximate surface area is 146 Å². The van der Waals surface area contributed by atoms with Crippen molar-refractivity contribution in [2.75, 3.05) is 6.61 Å². The highest BCUT2D eigenvalue weighted by molar-refractivity contribution is 5.89. The molecule has 3 aromatic rings. The number of carbonyl (C=O) groups is 1. The number of hydrogen-bond donors (Lipinski definition) is 1. The SMILES string of the molecule is CCOC(=O)c1ccc(-c2ccc(CNCc3cccnc3)o2)cc1. The number of esters is 1. The zero-order chi connectivity index (χ0) is 17.5. The number of rotatable bonds is 7. The van der Waals surface area contributed by atoms with Crippen LogP contribution in [0.4, 0.5) is 0 Å². The van der Waals surface area contributed by atoms with E-state index in [1.807, 2.05) is 42.6 Å². The van der Waals surface area contributed by atoms with Crippen molar-refractivity contribution in [3.63, 3.8) is 0 Å². The molecule has 128 valence electrons. The molecule has 2 heterocycles. The van der Waals surface area contributed by atoms with Crippen LogP contribution in [0.25, 0.3) is 11.3 Å². The maximum atomic E-state index is 11.7. The summed E-state index contributed by atoms with van der Waals surface area (Å²) in [5, 5.41) is 3.33. The Morgan fingerprint density at radius 2 is 1.96 bits per heavy atom. The number of furan rings is 1. The van der Waals surface area contributed by atoms with Crippen LogP contribution in [0, 0.1) is 0 Å². The van der Waals surface area contributed by atoms with Gasteiger partial charge in [-0.1, -0.05) is 18.2 Å². The van der Waals surface area contributed by atoms with Crippen LogP contribution in [-0.2, 0) is 17.8 Å². The number of carbonyl (C=O) groups excluding carboxylic acids is 1. The molecule has 0 aliphatic rings. The third-order valence-electron chi connectivity index (χ3n) is 3.69. The molecule has 0 saturated carbocycles. The molecule has 0 aliphatic heterocycles. The first-order valence-corrected chi connectivity index (χ1v) is 8.22. The molecule has 5 nitrogen and oxygen atoms in total. The summed E-state index contributed by atoms with van der Waals surface area (Å²) in [7, 11) is 0. The molecule has 0 fully saturated rings. The second-order valence-electron chi connectivity index (χ2n) is 5.53. The van der Waals surface area contributed by atoms with Crippen LogP contribution in [-0.4, -0.2) is 17.6 Å². The highest BCUT2D eigenvalue weighted by atomic mass is 16.5. The Balaban J connectivity index is 1.58. The fourth-order valence-electron chi connectivity index (χ4n) is 2.45. The summed E-state index contributed by atoms with van der Waals surface area (Å²) < 4.78 is 10.8. The highest BCUT2D eigenvalue weighted by Gasteiger charge is 2.08. The molecule has 0 amide bonds. The molecule has 0 atom stereocenters. The smallest absolute Gasteiger partial charge is 0.338 e. The minimum Gasteiger partial charge on any atom is -0.462 e. The standard InChI is InChI=1S/C20H20N2O3/c1-2-24-20(23)17-7-5-16(6-8-17)19-10-9-18(25-19)14-22-13-15-4-3-11-21-12-15/h3-12,22H,2,13-14H2,1H3. The van der Waals surface area contributed by atoms with E-state index in [0.717, 1.165) is 29.2 Å². The molecule has 0 aliphatic carbocycles. The topological polar surface area (TPSA) is 64.4 Å². The van der Waals surface area contributed by atoms with Gasteiger partial charge in [0.25, 0.3) is 0 Å². The van der Waals surface area contributed by atoms with E-state index >= 15 is 0 Å². The van der Waals surface area contributed by atoms with E-state index in [-0.39, 0.29) is 5.97 Å². The van der Waals surface area contributed by atoms with Gasteiger partial charge in [0.1, 0.15) is 11.5 Å². The van der Waals surface area contributed by atoms with E-state index in [9.17, 15) is 4.79 Å². The van der Waals surface area contributed by atoms with Crippen molar-refractivity contribution in [1.82, 2.24) is 10.3 Å². The second-order valence-corrected chi connectivity index (χ2v) is 5.53. The molecular formula is C20H20N2O3. The fraction of sp³-hybridized carbons (Fsp3) is 0.200. The van der Waals surface area contributed by atoms with Crippen LogP contribution in [0.3, 0.4) is 0 Å². The molecule has 5 heteroatoms. The van der Waals surface area contributed by atoms with Crippen LogP contribution in [0.5, 0.6) is 0 Å². The molecule has 1 N–H and O–H groups in total. The third-order valence-corrected chi connectivity index (χ3v) is 3.69. The van der Waals surface area contributed by atoms with Crippen molar-refractivity contribution in [1.29, 1.82) is 0 Å². The number of ether oxygens (including phenoxy) is 1. The quantitative estimate of drug-likeness (QED) is 0.665. The van der Waals surface area contributed by atoms with E-state index in [0.29, 0.717) is 18.7 Å². The lowest BCUT2D eigenvalue weighted by atomic mass is 10.1. The van der Waals surface area contributed by atoms with Crippen LogP contribution in [0.1, 0.15) is 28.6 Å². The average Bonchev–Trinajstić information content (AvgIpc) is 3.12. The number of pyridine rings is 1. The minimum absolute atomic E-state index is 0.311. The van der Waals surface area contributed by atoms with E-state index in [1.165, 1.54) is 0 Å². The second kappa shape index (κ2) is 8.26. The lowest BCUT2D eigenvalue weighted by Gasteiger charge is -2.03. The van der Waals surface area contributed by atoms with E-state index in [4.69, 9.17) is 9.15 Å². The van der Waals surface area contributed by atoms with Gasteiger partial charge in [-0.2, -0.15) is 0 Å². The number of benzene rings is 1. The maximum Gasteiger partial charge on any atom is 0.338 e. The van der Waals surface area contributed by atoms with Crippen LogP contribution in [0.15, 0.2) is 65.3 Å². The number of nitrogens with zero attached hydrogens (tertiary/aromatic N) is 1. The van der Waals surface area contributed by atoms with Crippen molar-refractivity contribution in [2.24, 2.45) is 0 Å². The van der Waals surface area contributed by atoms with Gasteiger partial charge in [-0.25, -0.2) is 4.79 Å². The summed E-state index contributed by atoms with van der Waals surface area (Å²) in [6, 6.07) is 15.0. The number of nitrogens with one attached hydrogen (secondary N) is 1. The lowest BCUT2D eigenvalue weighted by Crippen LogP contribution is -2.12. The van der Waals surface area contributed by atoms with Crippen molar-refractivity contribution in [3.8, 4) is 11.3 Å². The lowest BCUT2D eigenvalue weighted by molar-refractivity contribution is 0.0526. The third kappa shape index (κ3) is 4.55. The monoisotopic (exact) mass is 336 g/mol. The van der Waals surface area contributed by atoms with E-state index in [1.54, 1.807) is 25.3 Å². The summed E-state index contributed by atoms with van der Waals surface area (Å²) in [5.74, 6) is 1.32. The molecule has 0 unspecified atom stereocenters. The van der Waals surface area contributed by atoms with Gasteiger partial charge in [0, 0.05) is 24.5 Å². The van der Waals surface area contributed by atoms with Crippen molar-refractivity contribution < 1.29 is 13.9 Å². The molecule has 0 spiro atoms. The van der Waals surface area contributed by atoms with Gasteiger partial charge >= 0.3 is 5.97 Å². The molecule has 0 radical (unpaired) electrons. The summed E-state index contributed by atoms with van der Waals surface area (Å²) in [4.78, 5) is 15.8. The zero-order valence-electron chi connectivity index (χ0n) is 14.1.